The van der Waals surface area contributed by atoms with Crippen LogP contribution in [-0.2, 0) is 0 Å². The lowest BCUT2D eigenvalue weighted by Gasteiger charge is -2.30. The largest absolute Gasteiger partial charge is 0.311 e. The van der Waals surface area contributed by atoms with Crippen LogP contribution < -0.4 is 5.32 Å². The fraction of sp³-hybridized carbons (Fsp3) is 1.00. The fourth-order valence-electron chi connectivity index (χ4n) is 1.39. The summed E-state index contributed by atoms with van der Waals surface area (Å²) in [6, 6.07) is 0. The van der Waals surface area contributed by atoms with E-state index in [1.54, 1.807) is 0 Å². The third-order valence-corrected chi connectivity index (χ3v) is 2.12. The van der Waals surface area contributed by atoms with Gasteiger partial charge in [-0.25, -0.2) is 8.78 Å². The Labute approximate surface area is 73.5 Å². The number of piperidine rings is 1. The predicted molar refractivity (Wildman–Crippen MR) is 47.6 cm³/mol. The molecule has 0 aromatic heterocycles. The quantitative estimate of drug-likeness (QED) is 0.652. The fourth-order valence-corrected chi connectivity index (χ4v) is 1.39. The zero-order valence-corrected chi connectivity index (χ0v) is 8.16. The highest BCUT2D eigenvalue weighted by Crippen LogP contribution is 2.31. The Morgan fingerprint density at radius 2 is 2.00 bits per heavy atom. The summed E-state index contributed by atoms with van der Waals surface area (Å²) in [6.07, 6.45) is 1.21. The molecule has 1 N–H and O–H groups in total. The Bertz CT molecular complexity index is 115. The highest BCUT2D eigenvalue weighted by molar-refractivity contribution is 4.83. The minimum atomic E-state index is -2.47. The van der Waals surface area contributed by atoms with Crippen LogP contribution in [0.4, 0.5) is 8.78 Å². The van der Waals surface area contributed by atoms with E-state index in [9.17, 15) is 8.78 Å². The van der Waals surface area contributed by atoms with Crippen molar-refractivity contribution in [1.29, 1.82) is 0 Å². The van der Waals surface area contributed by atoms with Gasteiger partial charge in [0.25, 0.3) is 5.92 Å². The summed E-state index contributed by atoms with van der Waals surface area (Å²) in [4.78, 5) is 0. The van der Waals surface area contributed by atoms with Gasteiger partial charge in [0.05, 0.1) is 6.54 Å². The highest BCUT2D eigenvalue weighted by Gasteiger charge is 2.39. The second-order valence-corrected chi connectivity index (χ2v) is 2.83. The van der Waals surface area contributed by atoms with Crippen LogP contribution >= 0.6 is 0 Å². The van der Waals surface area contributed by atoms with Crippen LogP contribution in [0.2, 0.25) is 0 Å². The standard InChI is InChI=1S/C7H13F2N.C2H6/c1-2-6-3-4-10-5-7(6,8)9;1-2/h6,10H,2-5H2,1H3;1-2H3. The molecule has 0 aromatic rings. The summed E-state index contributed by atoms with van der Waals surface area (Å²) >= 11 is 0. The first-order valence-corrected chi connectivity index (χ1v) is 4.75. The van der Waals surface area contributed by atoms with Crippen LogP contribution in [0.3, 0.4) is 0 Å². The Balaban J connectivity index is 0.000000561. The minimum absolute atomic E-state index is 0.133. The molecule has 3 heteroatoms. The van der Waals surface area contributed by atoms with Crippen LogP contribution in [0.25, 0.3) is 0 Å². The average Bonchev–Trinajstić information content (AvgIpc) is 2.07. The van der Waals surface area contributed by atoms with Gasteiger partial charge < -0.3 is 5.32 Å². The van der Waals surface area contributed by atoms with Gasteiger partial charge in [-0.15, -0.1) is 0 Å². The van der Waals surface area contributed by atoms with Gasteiger partial charge in [0.1, 0.15) is 0 Å². The number of hydrogen-bond donors (Lipinski definition) is 1. The van der Waals surface area contributed by atoms with E-state index in [1.807, 2.05) is 20.8 Å². The summed E-state index contributed by atoms with van der Waals surface area (Å²) < 4.78 is 25.6. The third-order valence-electron chi connectivity index (χ3n) is 2.12. The molecule has 1 rings (SSSR count). The van der Waals surface area contributed by atoms with E-state index in [1.165, 1.54) is 0 Å². The van der Waals surface area contributed by atoms with Crippen molar-refractivity contribution in [3.05, 3.63) is 0 Å². The first kappa shape index (κ1) is 11.8. The van der Waals surface area contributed by atoms with Gasteiger partial charge in [-0.2, -0.15) is 0 Å². The van der Waals surface area contributed by atoms with Crippen molar-refractivity contribution >= 4 is 0 Å². The van der Waals surface area contributed by atoms with Gasteiger partial charge in [0.2, 0.25) is 0 Å². The van der Waals surface area contributed by atoms with E-state index in [0.29, 0.717) is 12.8 Å². The number of halogens is 2. The van der Waals surface area contributed by atoms with Gasteiger partial charge in [0, 0.05) is 5.92 Å². The highest BCUT2D eigenvalue weighted by atomic mass is 19.3. The molecule has 1 atom stereocenters. The first-order valence-electron chi connectivity index (χ1n) is 4.75. The molecule has 1 aliphatic heterocycles. The molecule has 0 aliphatic carbocycles. The lowest BCUT2D eigenvalue weighted by molar-refractivity contribution is -0.0741. The maximum absolute atomic E-state index is 12.8. The molecule has 1 heterocycles. The minimum Gasteiger partial charge on any atom is -0.311 e. The normalized spacial score (nSPS) is 27.2. The van der Waals surface area contributed by atoms with Crippen LogP contribution in [0, 0.1) is 5.92 Å². The zero-order chi connectivity index (χ0) is 9.61. The van der Waals surface area contributed by atoms with Crippen molar-refractivity contribution in [2.45, 2.75) is 39.5 Å². The van der Waals surface area contributed by atoms with Crippen molar-refractivity contribution in [3.8, 4) is 0 Å². The average molecular weight is 179 g/mol. The number of alkyl halides is 2. The molecule has 1 aliphatic rings. The van der Waals surface area contributed by atoms with E-state index < -0.39 is 11.8 Å². The summed E-state index contributed by atoms with van der Waals surface area (Å²) in [5.41, 5.74) is 0. The van der Waals surface area contributed by atoms with E-state index in [2.05, 4.69) is 5.32 Å². The van der Waals surface area contributed by atoms with E-state index in [0.717, 1.165) is 6.54 Å². The molecular formula is C9H19F2N. The lowest BCUT2D eigenvalue weighted by Crippen LogP contribution is -2.45. The van der Waals surface area contributed by atoms with Gasteiger partial charge in [-0.05, 0) is 19.4 Å². The monoisotopic (exact) mass is 179 g/mol. The lowest BCUT2D eigenvalue weighted by atomic mass is 9.92. The molecule has 1 nitrogen and oxygen atoms in total. The Morgan fingerprint density at radius 3 is 2.33 bits per heavy atom. The maximum atomic E-state index is 12.8. The summed E-state index contributed by atoms with van der Waals surface area (Å²) in [5, 5.41) is 2.69. The Hall–Kier alpha value is -0.180. The van der Waals surface area contributed by atoms with Crippen LogP contribution in [0.15, 0.2) is 0 Å². The Morgan fingerprint density at radius 1 is 1.42 bits per heavy atom. The summed E-state index contributed by atoms with van der Waals surface area (Å²) in [5.74, 6) is -2.86. The Kier molecular flexibility index (Phi) is 5.38. The smallest absolute Gasteiger partial charge is 0.263 e. The molecular weight excluding hydrogens is 160 g/mol. The SMILES string of the molecule is CC.CCC1CCNCC1(F)F. The second kappa shape index (κ2) is 5.46. The summed E-state index contributed by atoms with van der Waals surface area (Å²) in [7, 11) is 0. The van der Waals surface area contributed by atoms with Gasteiger partial charge in [-0.1, -0.05) is 20.8 Å². The second-order valence-electron chi connectivity index (χ2n) is 2.83. The van der Waals surface area contributed by atoms with Crippen molar-refractivity contribution < 1.29 is 8.78 Å². The van der Waals surface area contributed by atoms with Crippen LogP contribution in [-0.4, -0.2) is 19.0 Å². The summed E-state index contributed by atoms with van der Waals surface area (Å²) in [6.45, 7) is 6.43. The zero-order valence-electron chi connectivity index (χ0n) is 8.16. The molecule has 0 aromatic carbocycles. The van der Waals surface area contributed by atoms with Crippen molar-refractivity contribution in [2.75, 3.05) is 13.1 Å². The molecule has 0 amide bonds. The molecule has 12 heavy (non-hydrogen) atoms. The molecule has 0 radical (unpaired) electrons. The van der Waals surface area contributed by atoms with Gasteiger partial charge in [0.15, 0.2) is 0 Å². The molecule has 0 spiro atoms. The number of rotatable bonds is 1. The number of nitrogens with one attached hydrogen (secondary N) is 1. The van der Waals surface area contributed by atoms with Crippen molar-refractivity contribution in [1.82, 2.24) is 5.32 Å². The molecule has 0 saturated carbocycles. The third kappa shape index (κ3) is 3.05. The van der Waals surface area contributed by atoms with Crippen LogP contribution in [0.5, 0.6) is 0 Å². The van der Waals surface area contributed by atoms with Gasteiger partial charge in [-0.3, -0.25) is 0 Å². The molecule has 0 bridgehead atoms. The first-order chi connectivity index (χ1) is 5.67. The predicted octanol–water partition coefficient (Wildman–Crippen LogP) is 2.67. The molecule has 74 valence electrons. The molecule has 1 unspecified atom stereocenters. The van der Waals surface area contributed by atoms with Gasteiger partial charge >= 0.3 is 0 Å². The van der Waals surface area contributed by atoms with E-state index >= 15 is 0 Å². The topological polar surface area (TPSA) is 12.0 Å². The molecule has 1 fully saturated rings. The van der Waals surface area contributed by atoms with Crippen LogP contribution in [0.1, 0.15) is 33.6 Å². The number of hydrogen-bond acceptors (Lipinski definition) is 1. The molecule has 1 saturated heterocycles. The van der Waals surface area contributed by atoms with Crippen molar-refractivity contribution in [2.24, 2.45) is 5.92 Å². The van der Waals surface area contributed by atoms with E-state index in [-0.39, 0.29) is 6.54 Å². The van der Waals surface area contributed by atoms with Crippen molar-refractivity contribution in [3.63, 3.8) is 0 Å². The maximum Gasteiger partial charge on any atom is 0.263 e. The van der Waals surface area contributed by atoms with E-state index in [4.69, 9.17) is 0 Å².